The van der Waals surface area contributed by atoms with Crippen molar-refractivity contribution in [2.75, 3.05) is 24.8 Å². The van der Waals surface area contributed by atoms with Crippen LogP contribution in [0.2, 0.25) is 0 Å². The van der Waals surface area contributed by atoms with Gasteiger partial charge in [-0.1, -0.05) is 13.0 Å². The van der Waals surface area contributed by atoms with Gasteiger partial charge in [0.25, 0.3) is 5.91 Å². The highest BCUT2D eigenvalue weighted by molar-refractivity contribution is 5.92. The molecule has 27 heavy (non-hydrogen) atoms. The average Bonchev–Trinajstić information content (AvgIpc) is 3.13. The van der Waals surface area contributed by atoms with E-state index in [4.69, 9.17) is 9.47 Å². The summed E-state index contributed by atoms with van der Waals surface area (Å²) in [5.74, 6) is 2.50. The Morgan fingerprint density at radius 3 is 2.96 bits per heavy atom. The van der Waals surface area contributed by atoms with E-state index in [0.717, 1.165) is 36.5 Å². The smallest absolute Gasteiger partial charge is 0.270 e. The molecular formula is C20H24N4O3. The number of fused-ring (bicyclic) bond motifs is 1. The molecule has 1 fully saturated rings. The van der Waals surface area contributed by atoms with Crippen LogP contribution in [0.15, 0.2) is 24.3 Å². The Balaban J connectivity index is 1.45. The van der Waals surface area contributed by atoms with E-state index in [1.54, 1.807) is 6.07 Å². The Hall–Kier alpha value is -2.83. The molecule has 2 aliphatic rings. The summed E-state index contributed by atoms with van der Waals surface area (Å²) in [6, 6.07) is 7.38. The van der Waals surface area contributed by atoms with Crippen molar-refractivity contribution in [3.63, 3.8) is 0 Å². The van der Waals surface area contributed by atoms with Gasteiger partial charge in [-0.05, 0) is 49.4 Å². The highest BCUT2D eigenvalue weighted by Gasteiger charge is 2.21. The van der Waals surface area contributed by atoms with Gasteiger partial charge < -0.3 is 19.7 Å². The second-order valence-electron chi connectivity index (χ2n) is 7.26. The third-order valence-corrected chi connectivity index (χ3v) is 4.90. The predicted octanol–water partition coefficient (Wildman–Crippen LogP) is 2.68. The standard InChI is InChI=1S/C20H24N4O3/c1-13-4-3-7-24(11-13)20-22-14(2)8-16(23-20)19(25)21-10-15-5-6-17-18(9-15)27-12-26-17/h5-6,8-9,13H,3-4,7,10-12H2,1-2H3,(H,21,25). The molecule has 0 radical (unpaired) electrons. The van der Waals surface area contributed by atoms with Gasteiger partial charge in [0, 0.05) is 25.3 Å². The molecule has 142 valence electrons. The van der Waals surface area contributed by atoms with E-state index in [9.17, 15) is 4.79 Å². The number of piperidine rings is 1. The molecule has 4 rings (SSSR count). The topological polar surface area (TPSA) is 76.6 Å². The number of nitrogens with one attached hydrogen (secondary N) is 1. The highest BCUT2D eigenvalue weighted by atomic mass is 16.7. The number of nitrogens with zero attached hydrogens (tertiary/aromatic N) is 3. The summed E-state index contributed by atoms with van der Waals surface area (Å²) in [7, 11) is 0. The van der Waals surface area contributed by atoms with Crippen LogP contribution in [-0.4, -0.2) is 35.8 Å². The highest BCUT2D eigenvalue weighted by Crippen LogP contribution is 2.32. The van der Waals surface area contributed by atoms with Crippen LogP contribution in [0.25, 0.3) is 0 Å². The summed E-state index contributed by atoms with van der Waals surface area (Å²) >= 11 is 0. The van der Waals surface area contributed by atoms with Crippen molar-refractivity contribution in [3.05, 3.63) is 41.2 Å². The van der Waals surface area contributed by atoms with Crippen LogP contribution in [0, 0.1) is 12.8 Å². The van der Waals surface area contributed by atoms with Crippen LogP contribution in [-0.2, 0) is 6.54 Å². The Bertz CT molecular complexity index is 855. The van der Waals surface area contributed by atoms with E-state index < -0.39 is 0 Å². The lowest BCUT2D eigenvalue weighted by Crippen LogP contribution is -2.36. The van der Waals surface area contributed by atoms with Gasteiger partial charge in [-0.3, -0.25) is 4.79 Å². The second kappa shape index (κ2) is 7.42. The van der Waals surface area contributed by atoms with Gasteiger partial charge in [0.05, 0.1) is 0 Å². The van der Waals surface area contributed by atoms with Gasteiger partial charge in [0.2, 0.25) is 12.7 Å². The number of rotatable bonds is 4. The fourth-order valence-electron chi connectivity index (χ4n) is 3.51. The quantitative estimate of drug-likeness (QED) is 0.894. The first-order valence-electron chi connectivity index (χ1n) is 9.36. The minimum Gasteiger partial charge on any atom is -0.454 e. The molecule has 1 aromatic heterocycles. The molecule has 1 atom stereocenters. The van der Waals surface area contributed by atoms with Crippen molar-refractivity contribution in [1.82, 2.24) is 15.3 Å². The first-order valence-corrected chi connectivity index (χ1v) is 9.36. The maximum Gasteiger partial charge on any atom is 0.270 e. The molecule has 0 bridgehead atoms. The molecule has 1 aromatic carbocycles. The molecule has 2 aliphatic heterocycles. The number of ether oxygens (including phenoxy) is 2. The number of hydrogen-bond donors (Lipinski definition) is 1. The lowest BCUT2D eigenvalue weighted by atomic mass is 10.0. The molecule has 7 nitrogen and oxygen atoms in total. The van der Waals surface area contributed by atoms with Crippen LogP contribution in [0.5, 0.6) is 11.5 Å². The maximum atomic E-state index is 12.6. The zero-order valence-corrected chi connectivity index (χ0v) is 15.7. The maximum absolute atomic E-state index is 12.6. The van der Waals surface area contributed by atoms with Gasteiger partial charge in [-0.25, -0.2) is 9.97 Å². The number of carbonyl (C=O) groups is 1. The SMILES string of the molecule is Cc1cc(C(=O)NCc2ccc3c(c2)OCO3)nc(N2CCCC(C)C2)n1. The van der Waals surface area contributed by atoms with E-state index in [2.05, 4.69) is 27.1 Å². The first-order chi connectivity index (χ1) is 13.1. The fourth-order valence-corrected chi connectivity index (χ4v) is 3.51. The predicted molar refractivity (Wildman–Crippen MR) is 101 cm³/mol. The molecule has 0 aliphatic carbocycles. The second-order valence-corrected chi connectivity index (χ2v) is 7.26. The summed E-state index contributed by atoms with van der Waals surface area (Å²) < 4.78 is 10.7. The zero-order valence-electron chi connectivity index (χ0n) is 15.7. The van der Waals surface area contributed by atoms with Crippen molar-refractivity contribution < 1.29 is 14.3 Å². The van der Waals surface area contributed by atoms with E-state index >= 15 is 0 Å². The van der Waals surface area contributed by atoms with Crippen molar-refractivity contribution in [2.24, 2.45) is 5.92 Å². The third kappa shape index (κ3) is 3.97. The van der Waals surface area contributed by atoms with Crippen LogP contribution >= 0.6 is 0 Å². The van der Waals surface area contributed by atoms with E-state index in [1.165, 1.54) is 6.42 Å². The Morgan fingerprint density at radius 1 is 1.26 bits per heavy atom. The molecule has 0 spiro atoms. The summed E-state index contributed by atoms with van der Waals surface area (Å²) in [6.07, 6.45) is 2.36. The monoisotopic (exact) mass is 368 g/mol. The molecule has 1 unspecified atom stereocenters. The average molecular weight is 368 g/mol. The molecule has 1 amide bonds. The van der Waals surface area contributed by atoms with E-state index in [1.807, 2.05) is 25.1 Å². The van der Waals surface area contributed by atoms with Crippen LogP contribution in [0.4, 0.5) is 5.95 Å². The number of anilines is 1. The largest absolute Gasteiger partial charge is 0.454 e. The lowest BCUT2D eigenvalue weighted by Gasteiger charge is -2.31. The Kier molecular flexibility index (Phi) is 4.83. The molecule has 2 aromatic rings. The van der Waals surface area contributed by atoms with E-state index in [-0.39, 0.29) is 12.7 Å². The summed E-state index contributed by atoms with van der Waals surface area (Å²) in [6.45, 7) is 6.64. The Morgan fingerprint density at radius 2 is 2.11 bits per heavy atom. The number of hydrogen-bond acceptors (Lipinski definition) is 6. The summed E-state index contributed by atoms with van der Waals surface area (Å²) in [5, 5.41) is 2.93. The number of carbonyl (C=O) groups excluding carboxylic acids is 1. The third-order valence-electron chi connectivity index (χ3n) is 4.90. The molecule has 7 heteroatoms. The van der Waals surface area contributed by atoms with E-state index in [0.29, 0.717) is 29.9 Å². The number of benzene rings is 1. The fraction of sp³-hybridized carbons (Fsp3) is 0.450. The van der Waals surface area contributed by atoms with Gasteiger partial charge in [0.15, 0.2) is 11.5 Å². The van der Waals surface area contributed by atoms with Gasteiger partial charge in [-0.2, -0.15) is 0 Å². The molecule has 1 saturated heterocycles. The van der Waals surface area contributed by atoms with Crippen molar-refractivity contribution in [3.8, 4) is 11.5 Å². The molecular weight excluding hydrogens is 344 g/mol. The number of amides is 1. The van der Waals surface area contributed by atoms with Crippen molar-refractivity contribution in [1.29, 1.82) is 0 Å². The molecule has 3 heterocycles. The number of aryl methyl sites for hydroxylation is 1. The minimum atomic E-state index is -0.204. The lowest BCUT2D eigenvalue weighted by molar-refractivity contribution is 0.0945. The van der Waals surface area contributed by atoms with Crippen LogP contribution in [0.3, 0.4) is 0 Å². The van der Waals surface area contributed by atoms with Crippen LogP contribution < -0.4 is 19.7 Å². The van der Waals surface area contributed by atoms with Gasteiger partial charge >= 0.3 is 0 Å². The number of aromatic nitrogens is 2. The Labute approximate surface area is 158 Å². The summed E-state index contributed by atoms with van der Waals surface area (Å²) in [5.41, 5.74) is 2.14. The first kappa shape index (κ1) is 17.6. The molecule has 1 N–H and O–H groups in total. The van der Waals surface area contributed by atoms with Gasteiger partial charge in [-0.15, -0.1) is 0 Å². The van der Waals surface area contributed by atoms with Gasteiger partial charge in [0.1, 0.15) is 5.69 Å². The summed E-state index contributed by atoms with van der Waals surface area (Å²) in [4.78, 5) is 23.9. The zero-order chi connectivity index (χ0) is 18.8. The molecule has 0 saturated carbocycles. The normalized spacial score (nSPS) is 18.4. The van der Waals surface area contributed by atoms with Crippen molar-refractivity contribution >= 4 is 11.9 Å². The van der Waals surface area contributed by atoms with Crippen LogP contribution in [0.1, 0.15) is 41.5 Å². The minimum absolute atomic E-state index is 0.204. The van der Waals surface area contributed by atoms with Crippen molar-refractivity contribution in [2.45, 2.75) is 33.2 Å².